The van der Waals surface area contributed by atoms with Crippen LogP contribution in [0.4, 0.5) is 0 Å². The first kappa shape index (κ1) is 75.7. The largest absolute Gasteiger partial charge is 0.483 e. The lowest BCUT2D eigenvalue weighted by atomic mass is 9.95. The molecule has 3 amide bonds. The van der Waals surface area contributed by atoms with Crippen molar-refractivity contribution in [1.29, 1.82) is 0 Å². The zero-order valence-corrected chi connectivity index (χ0v) is 51.5. The van der Waals surface area contributed by atoms with E-state index in [1.54, 1.807) is 95.9 Å². The van der Waals surface area contributed by atoms with E-state index in [-0.39, 0.29) is 59.1 Å². The molecule has 3 aromatic carbocycles. The van der Waals surface area contributed by atoms with Gasteiger partial charge in [-0.05, 0) is 16.7 Å². The van der Waals surface area contributed by atoms with Gasteiger partial charge in [-0.25, -0.2) is 0 Å². The number of carbonyl (C=O) groups is 3. The van der Waals surface area contributed by atoms with Crippen LogP contribution in [0.5, 0.6) is 17.2 Å². The number of aromatic nitrogens is 3. The lowest BCUT2D eigenvalue weighted by Crippen LogP contribution is -2.47. The van der Waals surface area contributed by atoms with E-state index >= 15 is 0 Å². The van der Waals surface area contributed by atoms with Crippen LogP contribution in [0.15, 0.2) is 142 Å². The van der Waals surface area contributed by atoms with Crippen molar-refractivity contribution < 1.29 is 105 Å². The van der Waals surface area contributed by atoms with E-state index in [0.717, 1.165) is 39.7 Å². The van der Waals surface area contributed by atoms with Gasteiger partial charge in [0.1, 0.15) is 80.9 Å². The fraction of sp³-hybridized carbons (Fsp3) is 0.438. The minimum atomic E-state index is -2.09. The lowest BCUT2D eigenvalue weighted by molar-refractivity contribution is -0.117. The maximum Gasteiger partial charge on any atom is 0.271 e. The topological polar surface area (TPSA) is 488 Å². The van der Waals surface area contributed by atoms with Crippen molar-refractivity contribution in [2.75, 3.05) is 65.7 Å². The minimum absolute atomic E-state index is 0.168. The van der Waals surface area contributed by atoms with Gasteiger partial charge in [-0.2, -0.15) is 0 Å². The molecule has 0 aliphatic heterocycles. The number of benzene rings is 3. The number of amides is 3. The lowest BCUT2D eigenvalue weighted by Gasteiger charge is -2.29. The Bertz CT molecular complexity index is 3400. The normalized spacial score (nSPS) is 15.4. The Hall–Kier alpha value is -8.32. The predicted molar refractivity (Wildman–Crippen MR) is 336 cm³/mol. The summed E-state index contributed by atoms with van der Waals surface area (Å²) in [5.74, 6) is -5.76. The highest BCUT2D eigenvalue weighted by Gasteiger charge is 2.35. The average molecular weight is 1330 g/mol. The van der Waals surface area contributed by atoms with Crippen LogP contribution in [0.25, 0.3) is 0 Å². The van der Waals surface area contributed by atoms with E-state index in [9.17, 15) is 105 Å². The van der Waals surface area contributed by atoms with Crippen molar-refractivity contribution in [2.45, 2.75) is 107 Å². The van der Waals surface area contributed by atoms with Crippen molar-refractivity contribution >= 4 is 17.7 Å². The summed E-state index contributed by atoms with van der Waals surface area (Å²) in [5, 5.41) is 163. The maximum absolute atomic E-state index is 14.6. The number of hydrogen-bond acceptors (Lipinski definition) is 25. The Morgan fingerprint density at radius 3 is 0.926 bits per heavy atom. The van der Waals surface area contributed by atoms with Crippen LogP contribution in [0, 0.1) is 5.92 Å². The second-order valence-electron chi connectivity index (χ2n) is 22.2. The van der Waals surface area contributed by atoms with Crippen LogP contribution < -0.4 is 46.4 Å². The van der Waals surface area contributed by atoms with Crippen LogP contribution in [-0.4, -0.2) is 246 Å². The summed E-state index contributed by atoms with van der Waals surface area (Å²) in [6.07, 6.45) is -18.2. The number of carbonyl (C=O) groups excluding carboxylic acids is 3. The van der Waals surface area contributed by atoms with Gasteiger partial charge in [-0.1, -0.05) is 91.0 Å². The molecule has 0 bridgehead atoms. The molecule has 11 unspecified atom stereocenters. The van der Waals surface area contributed by atoms with E-state index in [2.05, 4.69) is 16.0 Å². The van der Waals surface area contributed by atoms with Crippen LogP contribution in [0.2, 0.25) is 0 Å². The molecule has 31 nitrogen and oxygen atoms in total. The highest BCUT2D eigenvalue weighted by molar-refractivity contribution is 5.96. The molecule has 0 aliphatic carbocycles. The number of pyridine rings is 3. The smallest absolute Gasteiger partial charge is 0.271 e. The molecule has 0 radical (unpaired) electrons. The fourth-order valence-electron chi connectivity index (χ4n) is 9.89. The van der Waals surface area contributed by atoms with Crippen LogP contribution in [0.3, 0.4) is 0 Å². The highest BCUT2D eigenvalue weighted by Crippen LogP contribution is 2.23. The van der Waals surface area contributed by atoms with Gasteiger partial charge in [-0.3, -0.25) is 33.7 Å². The molecule has 95 heavy (non-hydrogen) atoms. The summed E-state index contributed by atoms with van der Waals surface area (Å²) in [6, 6.07) is 28.6. The molecule has 12 atom stereocenters. The summed E-state index contributed by atoms with van der Waals surface area (Å²) >= 11 is 0. The van der Waals surface area contributed by atoms with Gasteiger partial charge in [0.25, 0.3) is 17.7 Å². The molecule has 3 heterocycles. The van der Waals surface area contributed by atoms with Gasteiger partial charge in [0.2, 0.25) is 16.3 Å². The van der Waals surface area contributed by atoms with Gasteiger partial charge in [0.15, 0.2) is 34.3 Å². The SMILES string of the molecule is O=C(NCCN(CCNC(=O)c1c(OCc2ccccc2)c(=O)ccn1CC(O)C(O)[C@H](O)C(O)CO)CCNC(=O)c1c(OCc2ccccc2)c(=O)ccn1CC(CO)C(O)C(O)C(O)CO)c1c(OCc2ccccc2)c(=O)ccn1CC(O)C(O)C(O)C(O)CO. The fourth-order valence-corrected chi connectivity index (χ4v) is 9.89. The number of rotatable bonds is 40. The van der Waals surface area contributed by atoms with E-state index in [0.29, 0.717) is 16.7 Å². The summed E-state index contributed by atoms with van der Waals surface area (Å²) < 4.78 is 21.1. The molecule has 31 heteroatoms. The third-order valence-electron chi connectivity index (χ3n) is 15.4. The van der Waals surface area contributed by atoms with E-state index in [1.807, 2.05) is 0 Å². The van der Waals surface area contributed by atoms with Crippen molar-refractivity contribution in [2.24, 2.45) is 5.92 Å². The molecule has 3 aromatic heterocycles. The molecule has 6 rings (SSSR count). The Morgan fingerprint density at radius 1 is 0.368 bits per heavy atom. The summed E-state index contributed by atoms with van der Waals surface area (Å²) in [7, 11) is 0. The zero-order valence-electron chi connectivity index (χ0n) is 51.5. The first-order valence-electron chi connectivity index (χ1n) is 30.2. The summed E-state index contributed by atoms with van der Waals surface area (Å²) in [5.41, 5.74) is -1.99. The Labute approximate surface area is 543 Å². The average Bonchev–Trinajstić information content (AvgIpc) is 0.835. The highest BCUT2D eigenvalue weighted by atomic mass is 16.5. The molecule has 518 valence electrons. The summed E-state index contributed by atoms with van der Waals surface area (Å²) in [4.78, 5) is 86.0. The van der Waals surface area contributed by atoms with Crippen molar-refractivity contribution in [1.82, 2.24) is 34.6 Å². The Balaban J connectivity index is 1.33. The summed E-state index contributed by atoms with van der Waals surface area (Å²) in [6.45, 7) is -7.79. The first-order chi connectivity index (χ1) is 45.5. The van der Waals surface area contributed by atoms with E-state index < -0.39 is 187 Å². The number of aliphatic hydroxyl groups excluding tert-OH is 15. The number of nitrogens with one attached hydrogen (secondary N) is 3. The van der Waals surface area contributed by atoms with E-state index in [1.165, 1.54) is 10.8 Å². The van der Waals surface area contributed by atoms with Crippen molar-refractivity contribution in [3.05, 3.63) is 192 Å². The van der Waals surface area contributed by atoms with Crippen molar-refractivity contribution in [3.8, 4) is 17.2 Å². The van der Waals surface area contributed by atoms with Gasteiger partial charge in [-0.15, -0.1) is 0 Å². The Kier molecular flexibility index (Phi) is 30.0. The minimum Gasteiger partial charge on any atom is -0.483 e. The van der Waals surface area contributed by atoms with Gasteiger partial charge in [0, 0.05) is 88.5 Å². The third-order valence-corrected chi connectivity index (χ3v) is 15.4. The number of nitrogens with zero attached hydrogens (tertiary/aromatic N) is 4. The number of aliphatic hydroxyl groups is 15. The Morgan fingerprint density at radius 2 is 0.642 bits per heavy atom. The van der Waals surface area contributed by atoms with Gasteiger partial charge < -0.3 is 120 Å². The molecular weight excluding hydrogens is 1250 g/mol. The molecule has 6 aromatic rings. The van der Waals surface area contributed by atoms with Gasteiger partial charge in [0.05, 0.1) is 45.6 Å². The maximum atomic E-state index is 14.6. The first-order valence-corrected chi connectivity index (χ1v) is 30.2. The second-order valence-corrected chi connectivity index (χ2v) is 22.2. The van der Waals surface area contributed by atoms with Gasteiger partial charge >= 0.3 is 0 Å². The van der Waals surface area contributed by atoms with Crippen LogP contribution in [-0.2, 0) is 39.5 Å². The second kappa shape index (κ2) is 37.7. The van der Waals surface area contributed by atoms with Crippen LogP contribution in [0.1, 0.15) is 48.2 Å². The number of hydrogen-bond donors (Lipinski definition) is 18. The zero-order chi connectivity index (χ0) is 69.3. The third kappa shape index (κ3) is 21.3. The van der Waals surface area contributed by atoms with Crippen molar-refractivity contribution in [3.63, 3.8) is 0 Å². The van der Waals surface area contributed by atoms with E-state index in [4.69, 9.17) is 14.2 Å². The monoisotopic (exact) mass is 1330 g/mol. The number of ether oxygens (including phenoxy) is 3. The molecule has 0 aliphatic rings. The predicted octanol–water partition coefficient (Wildman–Crippen LogP) is -5.64. The molecule has 0 saturated heterocycles. The molecule has 0 spiro atoms. The molecule has 0 saturated carbocycles. The quantitative estimate of drug-likeness (QED) is 0.0170. The molecule has 0 fully saturated rings. The standard InChI is InChI=1S/C64H83N7O24/c72-31-41(53(84)56(87)47(81)32-73)28-69-22-16-42(76)59(93-35-38-10-4-1-5-11-38)50(69)62(90)65-19-25-68(26-20-66-63(91)51-60(94-36-39-12-6-2-7-13-39)43(77)17-23-70(51)29-45(79)54(85)57(88)48(82)33-74)27-21-67-64(92)52-61(95-37-40-14-8-3-9-15-40)44(78)18-24-71(52)30-46(80)55(86)58(89)49(83)34-75/h1-18,22-24,41,45-49,53-58,72-75,79-89H,19-21,25-37H2,(H,65,90)(H,66,91)(H,67,92)/t41?,45?,46?,47?,48?,49?,53?,54?,55?,56?,57-,58?/m1/s1. The molecular formula is C64H83N7O24. The molecule has 18 N–H and O–H groups in total. The van der Waals surface area contributed by atoms with Crippen LogP contribution >= 0.6 is 0 Å².